The number of hydrogen-bond donors (Lipinski definition) is 1. The van der Waals surface area contributed by atoms with Crippen LogP contribution in [0.1, 0.15) is 17.5 Å². The summed E-state index contributed by atoms with van der Waals surface area (Å²) < 4.78 is 12.8. The minimum absolute atomic E-state index is 0.135. The highest BCUT2D eigenvalue weighted by Gasteiger charge is 2.00. The summed E-state index contributed by atoms with van der Waals surface area (Å²) in [5.74, 6) is -0.418. The van der Waals surface area contributed by atoms with Crippen LogP contribution in [0.4, 0.5) is 4.39 Å². The number of likely N-dealkylation sites (N-methyl/N-ethyl adjacent to an activating group) is 1. The molecule has 2 aromatic rings. The molecule has 0 fully saturated rings. The van der Waals surface area contributed by atoms with Crippen LogP contribution in [0.25, 0.3) is 6.08 Å². The van der Waals surface area contributed by atoms with Crippen molar-refractivity contribution in [2.24, 2.45) is 0 Å². The van der Waals surface area contributed by atoms with E-state index in [-0.39, 0.29) is 11.7 Å². The summed E-state index contributed by atoms with van der Waals surface area (Å²) in [5, 5.41) is 2.86. The van der Waals surface area contributed by atoms with Gasteiger partial charge in [-0.2, -0.15) is 0 Å². The molecule has 0 radical (unpaired) electrons. The van der Waals surface area contributed by atoms with Crippen LogP contribution >= 0.6 is 0 Å². The molecule has 0 atom stereocenters. The first kappa shape index (κ1) is 18.8. The van der Waals surface area contributed by atoms with Gasteiger partial charge in [-0.15, -0.1) is 0 Å². The van der Waals surface area contributed by atoms with E-state index in [1.54, 1.807) is 18.2 Å². The van der Waals surface area contributed by atoms with Crippen LogP contribution in [0.5, 0.6) is 0 Å². The number of pyridine rings is 1. The van der Waals surface area contributed by atoms with Gasteiger partial charge in [0.05, 0.1) is 0 Å². The van der Waals surface area contributed by atoms with Crippen molar-refractivity contribution in [3.05, 3.63) is 71.8 Å². The second-order valence-electron chi connectivity index (χ2n) is 5.94. The quantitative estimate of drug-likeness (QED) is 0.563. The Kier molecular flexibility index (Phi) is 7.79. The van der Waals surface area contributed by atoms with E-state index in [1.807, 2.05) is 24.5 Å². The molecular weight excluding hydrogens is 317 g/mol. The van der Waals surface area contributed by atoms with Crippen LogP contribution in [-0.2, 0) is 11.2 Å². The molecule has 4 nitrogen and oxygen atoms in total. The van der Waals surface area contributed by atoms with Gasteiger partial charge in [0.1, 0.15) is 5.82 Å². The number of carbonyl (C=O) groups is 1. The molecule has 1 amide bonds. The standard InChI is InChI=1S/C20H24FN3O/c1-24(16-11-18-9-13-22-14-10-18)15-2-12-23-20(25)8-5-17-3-6-19(21)7-4-17/h3-10,13-14H,2,11-12,15-16H2,1H3,(H,23,25). The average molecular weight is 341 g/mol. The Labute approximate surface area is 148 Å². The van der Waals surface area contributed by atoms with E-state index >= 15 is 0 Å². The van der Waals surface area contributed by atoms with Gasteiger partial charge in [-0.3, -0.25) is 9.78 Å². The maximum Gasteiger partial charge on any atom is 0.243 e. The Hall–Kier alpha value is -2.53. The first-order chi connectivity index (χ1) is 12.1. The normalized spacial score (nSPS) is 11.2. The molecule has 0 spiro atoms. The largest absolute Gasteiger partial charge is 0.353 e. The number of nitrogens with zero attached hydrogens (tertiary/aromatic N) is 2. The summed E-state index contributed by atoms with van der Waals surface area (Å²) in [7, 11) is 2.08. The third kappa shape index (κ3) is 7.72. The van der Waals surface area contributed by atoms with Gasteiger partial charge in [-0.1, -0.05) is 12.1 Å². The number of aromatic nitrogens is 1. The summed E-state index contributed by atoms with van der Waals surface area (Å²) in [6.07, 6.45) is 8.65. The van der Waals surface area contributed by atoms with Crippen LogP contribution < -0.4 is 5.32 Å². The fourth-order valence-corrected chi connectivity index (χ4v) is 2.35. The molecular formula is C20H24FN3O. The highest BCUT2D eigenvalue weighted by molar-refractivity contribution is 5.91. The van der Waals surface area contributed by atoms with Gasteiger partial charge in [-0.05, 0) is 67.9 Å². The van der Waals surface area contributed by atoms with E-state index in [9.17, 15) is 9.18 Å². The lowest BCUT2D eigenvalue weighted by Gasteiger charge is -2.16. The lowest BCUT2D eigenvalue weighted by atomic mass is 10.2. The fraction of sp³-hybridized carbons (Fsp3) is 0.300. The molecule has 2 rings (SSSR count). The number of benzene rings is 1. The molecule has 5 heteroatoms. The van der Waals surface area contributed by atoms with Gasteiger partial charge >= 0.3 is 0 Å². The molecule has 0 aliphatic carbocycles. The highest BCUT2D eigenvalue weighted by Crippen LogP contribution is 2.04. The number of nitrogens with one attached hydrogen (secondary N) is 1. The average Bonchev–Trinajstić information content (AvgIpc) is 2.64. The molecule has 0 unspecified atom stereocenters. The lowest BCUT2D eigenvalue weighted by Crippen LogP contribution is -2.28. The van der Waals surface area contributed by atoms with Crippen molar-refractivity contribution in [1.29, 1.82) is 0 Å². The third-order valence-corrected chi connectivity index (χ3v) is 3.84. The van der Waals surface area contributed by atoms with E-state index in [0.29, 0.717) is 6.54 Å². The zero-order chi connectivity index (χ0) is 17.9. The smallest absolute Gasteiger partial charge is 0.243 e. The van der Waals surface area contributed by atoms with Crippen LogP contribution in [0, 0.1) is 5.82 Å². The number of carbonyl (C=O) groups excluding carboxylic acids is 1. The van der Waals surface area contributed by atoms with E-state index < -0.39 is 0 Å². The molecule has 1 aromatic heterocycles. The first-order valence-electron chi connectivity index (χ1n) is 8.42. The molecule has 1 heterocycles. The van der Waals surface area contributed by atoms with Crippen LogP contribution in [0.3, 0.4) is 0 Å². The second kappa shape index (κ2) is 10.4. The predicted molar refractivity (Wildman–Crippen MR) is 98.5 cm³/mol. The van der Waals surface area contributed by atoms with Gasteiger partial charge in [-0.25, -0.2) is 4.39 Å². The van der Waals surface area contributed by atoms with E-state index in [2.05, 4.69) is 22.2 Å². The van der Waals surface area contributed by atoms with Crippen molar-refractivity contribution >= 4 is 12.0 Å². The van der Waals surface area contributed by atoms with Crippen molar-refractivity contribution in [2.45, 2.75) is 12.8 Å². The van der Waals surface area contributed by atoms with Crippen molar-refractivity contribution in [2.75, 3.05) is 26.7 Å². The summed E-state index contributed by atoms with van der Waals surface area (Å²) in [5.41, 5.74) is 2.08. The zero-order valence-electron chi connectivity index (χ0n) is 14.5. The Morgan fingerprint density at radius 1 is 1.16 bits per heavy atom. The SMILES string of the molecule is CN(CCCNC(=O)C=Cc1ccc(F)cc1)CCc1ccncc1. The second-order valence-corrected chi connectivity index (χ2v) is 5.94. The lowest BCUT2D eigenvalue weighted by molar-refractivity contribution is -0.116. The topological polar surface area (TPSA) is 45.2 Å². The zero-order valence-corrected chi connectivity index (χ0v) is 14.5. The Balaban J connectivity index is 1.58. The maximum absolute atomic E-state index is 12.8. The molecule has 0 saturated carbocycles. The predicted octanol–water partition coefficient (Wildman–Crippen LogP) is 2.91. The maximum atomic E-state index is 12.8. The number of amides is 1. The minimum atomic E-state index is -0.283. The third-order valence-electron chi connectivity index (χ3n) is 3.84. The van der Waals surface area contributed by atoms with Crippen LogP contribution in [0.15, 0.2) is 54.9 Å². The Morgan fingerprint density at radius 3 is 2.60 bits per heavy atom. The summed E-state index contributed by atoms with van der Waals surface area (Å²) in [6.45, 7) is 2.53. The van der Waals surface area contributed by atoms with Crippen molar-refractivity contribution in [3.8, 4) is 0 Å². The van der Waals surface area contributed by atoms with Gasteiger partial charge in [0.25, 0.3) is 0 Å². The highest BCUT2D eigenvalue weighted by atomic mass is 19.1. The molecule has 132 valence electrons. The molecule has 0 aliphatic rings. The number of halogens is 1. The van der Waals surface area contributed by atoms with Crippen molar-refractivity contribution in [3.63, 3.8) is 0 Å². The van der Waals surface area contributed by atoms with Crippen molar-refractivity contribution < 1.29 is 9.18 Å². The summed E-state index contributed by atoms with van der Waals surface area (Å²) in [6, 6.07) is 10.1. The van der Waals surface area contributed by atoms with Crippen LogP contribution in [-0.4, -0.2) is 42.5 Å². The first-order valence-corrected chi connectivity index (χ1v) is 8.42. The van der Waals surface area contributed by atoms with Gasteiger partial charge < -0.3 is 10.2 Å². The van der Waals surface area contributed by atoms with E-state index in [1.165, 1.54) is 23.8 Å². The molecule has 0 bridgehead atoms. The van der Waals surface area contributed by atoms with Gasteiger partial charge in [0.15, 0.2) is 0 Å². The Bertz CT molecular complexity index is 671. The molecule has 1 aromatic carbocycles. The summed E-state index contributed by atoms with van der Waals surface area (Å²) in [4.78, 5) is 18.0. The van der Waals surface area contributed by atoms with E-state index in [4.69, 9.17) is 0 Å². The number of hydrogen-bond acceptors (Lipinski definition) is 3. The van der Waals surface area contributed by atoms with Crippen molar-refractivity contribution in [1.82, 2.24) is 15.2 Å². The monoisotopic (exact) mass is 341 g/mol. The van der Waals surface area contributed by atoms with Gasteiger partial charge in [0, 0.05) is 31.6 Å². The molecule has 0 saturated heterocycles. The van der Waals surface area contributed by atoms with E-state index in [0.717, 1.165) is 31.5 Å². The fourth-order valence-electron chi connectivity index (χ4n) is 2.35. The number of rotatable bonds is 9. The Morgan fingerprint density at radius 2 is 1.88 bits per heavy atom. The van der Waals surface area contributed by atoms with Gasteiger partial charge in [0.2, 0.25) is 5.91 Å². The molecule has 1 N–H and O–H groups in total. The minimum Gasteiger partial charge on any atom is -0.353 e. The van der Waals surface area contributed by atoms with Crippen LogP contribution in [0.2, 0.25) is 0 Å². The molecule has 25 heavy (non-hydrogen) atoms. The summed E-state index contributed by atoms with van der Waals surface area (Å²) >= 11 is 0. The molecule has 0 aliphatic heterocycles.